The summed E-state index contributed by atoms with van der Waals surface area (Å²) in [5.41, 5.74) is 0.625. The first-order chi connectivity index (χ1) is 10.6. The Kier molecular flexibility index (Phi) is 6.69. The molecule has 6 heteroatoms. The van der Waals surface area contributed by atoms with Gasteiger partial charge in [-0.25, -0.2) is 0 Å². The second-order valence-corrected chi connectivity index (χ2v) is 4.21. The van der Waals surface area contributed by atoms with Crippen LogP contribution in [-0.2, 0) is 4.79 Å². The number of rotatable bonds is 6. The predicted molar refractivity (Wildman–Crippen MR) is 85.5 cm³/mol. The Morgan fingerprint density at radius 2 is 1.73 bits per heavy atom. The lowest BCUT2D eigenvalue weighted by molar-refractivity contribution is -0.111. The molecule has 2 N–H and O–H groups in total. The highest BCUT2D eigenvalue weighted by molar-refractivity contribution is 6.07. The van der Waals surface area contributed by atoms with Gasteiger partial charge in [0.25, 0.3) is 5.91 Å². The van der Waals surface area contributed by atoms with Crippen molar-refractivity contribution in [3.8, 4) is 11.5 Å². The van der Waals surface area contributed by atoms with Gasteiger partial charge in [0, 0.05) is 19.2 Å². The first-order valence-corrected chi connectivity index (χ1v) is 6.65. The summed E-state index contributed by atoms with van der Waals surface area (Å²) in [5.74, 6) is 0.135. The second kappa shape index (κ2) is 8.51. The first-order valence-electron chi connectivity index (χ1n) is 6.65. The van der Waals surface area contributed by atoms with E-state index >= 15 is 0 Å². The van der Waals surface area contributed by atoms with Crippen molar-refractivity contribution in [3.05, 3.63) is 42.0 Å². The third kappa shape index (κ3) is 4.37. The minimum atomic E-state index is -0.351. The standard InChI is InChI=1S/C16H20N2O4/c1-5-6-7-8-15(19)18-12-10-14(22-4)13(21-3)9-11(12)16(20)17-2/h5-10H,1-4H3,(H,17,20)(H,18,19)/b6-5+,8-7+. The van der Waals surface area contributed by atoms with Gasteiger partial charge in [0.15, 0.2) is 11.5 Å². The lowest BCUT2D eigenvalue weighted by Gasteiger charge is -2.14. The first kappa shape index (κ1) is 17.3. The molecule has 0 bridgehead atoms. The zero-order chi connectivity index (χ0) is 16.5. The summed E-state index contributed by atoms with van der Waals surface area (Å²) in [6.07, 6.45) is 6.50. The van der Waals surface area contributed by atoms with E-state index < -0.39 is 0 Å². The summed E-state index contributed by atoms with van der Waals surface area (Å²) in [4.78, 5) is 23.8. The molecule has 0 aliphatic rings. The van der Waals surface area contributed by atoms with Gasteiger partial charge in [0.2, 0.25) is 5.91 Å². The molecule has 0 saturated carbocycles. The average molecular weight is 304 g/mol. The van der Waals surface area contributed by atoms with Crippen LogP contribution in [0, 0.1) is 0 Å². The van der Waals surface area contributed by atoms with Crippen LogP contribution in [0.15, 0.2) is 36.4 Å². The molecule has 0 aromatic heterocycles. The van der Waals surface area contributed by atoms with Crippen LogP contribution in [-0.4, -0.2) is 33.1 Å². The largest absolute Gasteiger partial charge is 0.493 e. The van der Waals surface area contributed by atoms with E-state index in [9.17, 15) is 9.59 Å². The molecule has 6 nitrogen and oxygen atoms in total. The highest BCUT2D eigenvalue weighted by Crippen LogP contribution is 2.33. The number of hydrogen-bond donors (Lipinski definition) is 2. The minimum Gasteiger partial charge on any atom is -0.493 e. The topological polar surface area (TPSA) is 76.7 Å². The van der Waals surface area contributed by atoms with Gasteiger partial charge in [-0.3, -0.25) is 9.59 Å². The number of ether oxygens (including phenoxy) is 2. The van der Waals surface area contributed by atoms with Crippen LogP contribution in [0.25, 0.3) is 0 Å². The van der Waals surface area contributed by atoms with E-state index in [1.807, 2.05) is 6.92 Å². The number of hydrogen-bond acceptors (Lipinski definition) is 4. The molecule has 0 fully saturated rings. The molecule has 22 heavy (non-hydrogen) atoms. The Morgan fingerprint density at radius 1 is 1.09 bits per heavy atom. The van der Waals surface area contributed by atoms with Crippen molar-refractivity contribution < 1.29 is 19.1 Å². The molecule has 0 aliphatic heterocycles. The fourth-order valence-corrected chi connectivity index (χ4v) is 1.73. The zero-order valence-corrected chi connectivity index (χ0v) is 13.1. The van der Waals surface area contributed by atoms with Crippen molar-refractivity contribution in [1.82, 2.24) is 5.32 Å². The van der Waals surface area contributed by atoms with Gasteiger partial charge in [-0.05, 0) is 13.0 Å². The minimum absolute atomic E-state index is 0.285. The lowest BCUT2D eigenvalue weighted by Crippen LogP contribution is -2.21. The number of anilines is 1. The molecular formula is C16H20N2O4. The number of benzene rings is 1. The molecule has 1 aromatic carbocycles. The molecule has 2 amide bonds. The van der Waals surface area contributed by atoms with E-state index in [4.69, 9.17) is 9.47 Å². The smallest absolute Gasteiger partial charge is 0.253 e. The summed E-state index contributed by atoms with van der Waals surface area (Å²) in [5, 5.41) is 5.17. The summed E-state index contributed by atoms with van der Waals surface area (Å²) >= 11 is 0. The number of amides is 2. The van der Waals surface area contributed by atoms with E-state index in [1.165, 1.54) is 33.4 Å². The third-order valence-electron chi connectivity index (χ3n) is 2.80. The van der Waals surface area contributed by atoms with Crippen molar-refractivity contribution >= 4 is 17.5 Å². The molecule has 0 aliphatic carbocycles. The second-order valence-electron chi connectivity index (χ2n) is 4.21. The van der Waals surface area contributed by atoms with E-state index in [0.717, 1.165) is 0 Å². The SMILES string of the molecule is C/C=C/C=C/C(=O)Nc1cc(OC)c(OC)cc1C(=O)NC. The summed E-state index contributed by atoms with van der Waals surface area (Å²) < 4.78 is 10.4. The van der Waals surface area contributed by atoms with Crippen LogP contribution < -0.4 is 20.1 Å². The molecule has 0 radical (unpaired) electrons. The van der Waals surface area contributed by atoms with Crippen LogP contribution in [0.2, 0.25) is 0 Å². The van der Waals surface area contributed by atoms with Crippen LogP contribution in [0.5, 0.6) is 11.5 Å². The maximum absolute atomic E-state index is 12.0. The van der Waals surface area contributed by atoms with Gasteiger partial charge in [-0.1, -0.05) is 18.2 Å². The van der Waals surface area contributed by atoms with Crippen LogP contribution in [0.1, 0.15) is 17.3 Å². The maximum Gasteiger partial charge on any atom is 0.253 e. The maximum atomic E-state index is 12.0. The molecule has 0 unspecified atom stereocenters. The Balaban J connectivity index is 3.20. The van der Waals surface area contributed by atoms with Gasteiger partial charge in [0.05, 0.1) is 25.5 Å². The molecule has 0 spiro atoms. The molecule has 1 rings (SSSR count). The van der Waals surface area contributed by atoms with E-state index in [-0.39, 0.29) is 17.4 Å². The molecule has 0 saturated heterocycles. The Bertz CT molecular complexity index is 606. The summed E-state index contributed by atoms with van der Waals surface area (Å²) in [6.45, 7) is 1.85. The molecule has 0 atom stereocenters. The zero-order valence-electron chi connectivity index (χ0n) is 13.1. The van der Waals surface area contributed by atoms with Crippen molar-refractivity contribution in [3.63, 3.8) is 0 Å². The van der Waals surface area contributed by atoms with E-state index in [0.29, 0.717) is 17.2 Å². The number of nitrogens with one attached hydrogen (secondary N) is 2. The average Bonchev–Trinajstić information content (AvgIpc) is 2.53. The van der Waals surface area contributed by atoms with Crippen LogP contribution >= 0.6 is 0 Å². The van der Waals surface area contributed by atoms with Crippen molar-refractivity contribution in [2.24, 2.45) is 0 Å². The lowest BCUT2D eigenvalue weighted by atomic mass is 10.1. The predicted octanol–water partition coefficient (Wildman–Crippen LogP) is 2.13. The Morgan fingerprint density at radius 3 is 2.27 bits per heavy atom. The summed E-state index contributed by atoms with van der Waals surface area (Å²) in [6, 6.07) is 3.06. The fourth-order valence-electron chi connectivity index (χ4n) is 1.73. The van der Waals surface area contributed by atoms with Crippen molar-refractivity contribution in [2.45, 2.75) is 6.92 Å². The molecule has 118 valence electrons. The third-order valence-corrected chi connectivity index (χ3v) is 2.80. The fraction of sp³-hybridized carbons (Fsp3) is 0.250. The van der Waals surface area contributed by atoms with Gasteiger partial charge in [-0.15, -0.1) is 0 Å². The Labute approximate surface area is 129 Å². The molecular weight excluding hydrogens is 284 g/mol. The summed E-state index contributed by atoms with van der Waals surface area (Å²) in [7, 11) is 4.47. The highest BCUT2D eigenvalue weighted by Gasteiger charge is 2.17. The number of carbonyl (C=O) groups is 2. The number of methoxy groups -OCH3 is 2. The van der Waals surface area contributed by atoms with E-state index in [1.54, 1.807) is 24.3 Å². The van der Waals surface area contributed by atoms with Gasteiger partial charge < -0.3 is 20.1 Å². The van der Waals surface area contributed by atoms with Gasteiger partial charge in [0.1, 0.15) is 0 Å². The van der Waals surface area contributed by atoms with E-state index in [2.05, 4.69) is 10.6 Å². The van der Waals surface area contributed by atoms with Crippen LogP contribution in [0.3, 0.4) is 0 Å². The highest BCUT2D eigenvalue weighted by atomic mass is 16.5. The quantitative estimate of drug-likeness (QED) is 0.623. The molecule has 0 heterocycles. The monoisotopic (exact) mass is 304 g/mol. The van der Waals surface area contributed by atoms with Crippen molar-refractivity contribution in [2.75, 3.05) is 26.6 Å². The normalized spacial score (nSPS) is 10.7. The van der Waals surface area contributed by atoms with Gasteiger partial charge >= 0.3 is 0 Å². The number of allylic oxidation sites excluding steroid dienone is 3. The van der Waals surface area contributed by atoms with Gasteiger partial charge in [-0.2, -0.15) is 0 Å². The van der Waals surface area contributed by atoms with Crippen molar-refractivity contribution in [1.29, 1.82) is 0 Å². The number of carbonyl (C=O) groups excluding carboxylic acids is 2. The molecule has 1 aromatic rings. The Hall–Kier alpha value is -2.76. The van der Waals surface area contributed by atoms with Crippen LogP contribution in [0.4, 0.5) is 5.69 Å².